The van der Waals surface area contributed by atoms with Crippen molar-refractivity contribution in [3.63, 3.8) is 0 Å². The van der Waals surface area contributed by atoms with Crippen molar-refractivity contribution >= 4 is 17.7 Å². The second-order valence-corrected chi connectivity index (χ2v) is 5.83. The Morgan fingerprint density at radius 2 is 2.21 bits per heavy atom. The van der Waals surface area contributed by atoms with Gasteiger partial charge in [0.1, 0.15) is 5.82 Å². The van der Waals surface area contributed by atoms with Gasteiger partial charge in [-0.2, -0.15) is 0 Å². The first kappa shape index (κ1) is 14.3. The van der Waals surface area contributed by atoms with E-state index in [-0.39, 0.29) is 17.8 Å². The number of rotatable bonds is 5. The van der Waals surface area contributed by atoms with Gasteiger partial charge in [-0.1, -0.05) is 0 Å². The summed E-state index contributed by atoms with van der Waals surface area (Å²) in [5.74, 6) is 0.590. The predicted octanol–water partition coefficient (Wildman–Crippen LogP) is 2.18. The van der Waals surface area contributed by atoms with Gasteiger partial charge in [0.05, 0.1) is 0 Å². The van der Waals surface area contributed by atoms with Crippen molar-refractivity contribution in [2.24, 2.45) is 0 Å². The van der Waals surface area contributed by atoms with Gasteiger partial charge in [0.25, 0.3) is 0 Å². The van der Waals surface area contributed by atoms with Gasteiger partial charge in [-0.15, -0.1) is 11.8 Å². The summed E-state index contributed by atoms with van der Waals surface area (Å²) >= 11 is 1.58. The molecule has 1 aromatic carbocycles. The van der Waals surface area contributed by atoms with Crippen molar-refractivity contribution in [3.05, 3.63) is 30.1 Å². The summed E-state index contributed by atoms with van der Waals surface area (Å²) in [4.78, 5) is 12.7. The zero-order valence-electron chi connectivity index (χ0n) is 10.8. The van der Waals surface area contributed by atoms with E-state index in [4.69, 9.17) is 0 Å². The van der Waals surface area contributed by atoms with E-state index in [0.29, 0.717) is 6.42 Å². The first-order valence-corrected chi connectivity index (χ1v) is 7.61. The minimum absolute atomic E-state index is 0.100. The molecule has 1 heterocycles. The second-order valence-electron chi connectivity index (χ2n) is 4.66. The Morgan fingerprint density at radius 3 is 2.89 bits per heavy atom. The molecule has 2 rings (SSSR count). The standard InChI is InChI=1S/C14H19FN2OS/c15-11-3-5-13(6-4-11)19-9-7-14(18)17-12-2-1-8-16-10-12/h3-6,12,16H,1-2,7-10H2,(H,17,18)/t12-/m0/s1. The van der Waals surface area contributed by atoms with E-state index in [1.54, 1.807) is 23.9 Å². The molecule has 0 aliphatic carbocycles. The maximum absolute atomic E-state index is 12.7. The Kier molecular flexibility index (Phi) is 5.66. The molecule has 0 saturated carbocycles. The number of carbonyl (C=O) groups excluding carboxylic acids is 1. The quantitative estimate of drug-likeness (QED) is 0.813. The molecule has 1 amide bonds. The van der Waals surface area contributed by atoms with Crippen LogP contribution in [0, 0.1) is 5.82 Å². The van der Waals surface area contributed by atoms with Crippen LogP contribution in [-0.4, -0.2) is 30.8 Å². The SMILES string of the molecule is O=C(CCSc1ccc(F)cc1)N[C@H]1CCCNC1. The molecule has 0 spiro atoms. The highest BCUT2D eigenvalue weighted by Crippen LogP contribution is 2.18. The molecular formula is C14H19FN2OS. The van der Waals surface area contributed by atoms with Crippen molar-refractivity contribution in [2.45, 2.75) is 30.2 Å². The highest BCUT2D eigenvalue weighted by atomic mass is 32.2. The lowest BCUT2D eigenvalue weighted by Gasteiger charge is -2.23. The monoisotopic (exact) mass is 282 g/mol. The van der Waals surface area contributed by atoms with Crippen LogP contribution in [0.4, 0.5) is 4.39 Å². The molecule has 2 N–H and O–H groups in total. The van der Waals surface area contributed by atoms with Gasteiger partial charge in [-0.3, -0.25) is 4.79 Å². The number of halogens is 1. The molecule has 1 aliphatic rings. The lowest BCUT2D eigenvalue weighted by Crippen LogP contribution is -2.45. The maximum Gasteiger partial charge on any atom is 0.221 e. The number of hydrogen-bond donors (Lipinski definition) is 2. The normalized spacial score (nSPS) is 19.1. The lowest BCUT2D eigenvalue weighted by molar-refractivity contribution is -0.121. The van der Waals surface area contributed by atoms with Gasteiger partial charge in [0, 0.05) is 29.7 Å². The highest BCUT2D eigenvalue weighted by molar-refractivity contribution is 7.99. The fourth-order valence-corrected chi connectivity index (χ4v) is 2.92. The van der Waals surface area contributed by atoms with Crippen molar-refractivity contribution in [2.75, 3.05) is 18.8 Å². The zero-order chi connectivity index (χ0) is 13.5. The van der Waals surface area contributed by atoms with E-state index in [1.807, 2.05) is 0 Å². The summed E-state index contributed by atoms with van der Waals surface area (Å²) in [6.45, 7) is 1.92. The topological polar surface area (TPSA) is 41.1 Å². The fraction of sp³-hybridized carbons (Fsp3) is 0.500. The summed E-state index contributed by atoms with van der Waals surface area (Å²) in [6.07, 6.45) is 2.68. The molecular weight excluding hydrogens is 263 g/mol. The van der Waals surface area contributed by atoms with E-state index in [9.17, 15) is 9.18 Å². The first-order valence-electron chi connectivity index (χ1n) is 6.62. The zero-order valence-corrected chi connectivity index (χ0v) is 11.6. The summed E-state index contributed by atoms with van der Waals surface area (Å²) in [6, 6.07) is 6.63. The third kappa shape index (κ3) is 5.20. The Balaban J connectivity index is 1.64. The molecule has 0 aromatic heterocycles. The molecule has 1 fully saturated rings. The van der Waals surface area contributed by atoms with Crippen LogP contribution in [0.25, 0.3) is 0 Å². The Labute approximate surface area is 117 Å². The van der Waals surface area contributed by atoms with Crippen LogP contribution in [0.5, 0.6) is 0 Å². The van der Waals surface area contributed by atoms with Crippen LogP contribution >= 0.6 is 11.8 Å². The van der Waals surface area contributed by atoms with Crippen LogP contribution in [-0.2, 0) is 4.79 Å². The van der Waals surface area contributed by atoms with Gasteiger partial charge in [-0.25, -0.2) is 4.39 Å². The third-order valence-corrected chi connectivity index (χ3v) is 4.09. The summed E-state index contributed by atoms with van der Waals surface area (Å²) < 4.78 is 12.7. The van der Waals surface area contributed by atoms with E-state index in [2.05, 4.69) is 10.6 Å². The van der Waals surface area contributed by atoms with Crippen LogP contribution in [0.15, 0.2) is 29.2 Å². The van der Waals surface area contributed by atoms with E-state index in [0.717, 1.165) is 36.6 Å². The van der Waals surface area contributed by atoms with Crippen LogP contribution < -0.4 is 10.6 Å². The molecule has 0 bridgehead atoms. The molecule has 104 valence electrons. The number of hydrogen-bond acceptors (Lipinski definition) is 3. The predicted molar refractivity (Wildman–Crippen MR) is 75.8 cm³/mol. The maximum atomic E-state index is 12.7. The average Bonchev–Trinajstić information content (AvgIpc) is 2.42. The molecule has 5 heteroatoms. The number of thioether (sulfide) groups is 1. The molecule has 19 heavy (non-hydrogen) atoms. The third-order valence-electron chi connectivity index (χ3n) is 3.07. The number of benzene rings is 1. The minimum Gasteiger partial charge on any atom is -0.352 e. The molecule has 1 aromatic rings. The summed E-state index contributed by atoms with van der Waals surface area (Å²) in [5, 5.41) is 6.31. The molecule has 1 atom stereocenters. The van der Waals surface area contributed by atoms with E-state index < -0.39 is 0 Å². The molecule has 1 saturated heterocycles. The number of nitrogens with one attached hydrogen (secondary N) is 2. The average molecular weight is 282 g/mol. The lowest BCUT2D eigenvalue weighted by atomic mass is 10.1. The van der Waals surface area contributed by atoms with Gasteiger partial charge in [0.15, 0.2) is 0 Å². The van der Waals surface area contributed by atoms with Gasteiger partial charge < -0.3 is 10.6 Å². The van der Waals surface area contributed by atoms with Crippen LogP contribution in [0.3, 0.4) is 0 Å². The molecule has 1 aliphatic heterocycles. The van der Waals surface area contributed by atoms with Crippen LogP contribution in [0.1, 0.15) is 19.3 Å². The van der Waals surface area contributed by atoms with Crippen molar-refractivity contribution in [3.8, 4) is 0 Å². The van der Waals surface area contributed by atoms with Crippen molar-refractivity contribution in [1.82, 2.24) is 10.6 Å². The van der Waals surface area contributed by atoms with Crippen molar-refractivity contribution < 1.29 is 9.18 Å². The molecule has 3 nitrogen and oxygen atoms in total. The van der Waals surface area contributed by atoms with Crippen LogP contribution in [0.2, 0.25) is 0 Å². The number of carbonyl (C=O) groups is 1. The number of piperidine rings is 1. The van der Waals surface area contributed by atoms with Gasteiger partial charge >= 0.3 is 0 Å². The smallest absolute Gasteiger partial charge is 0.221 e. The second kappa shape index (κ2) is 7.50. The van der Waals surface area contributed by atoms with Crippen molar-refractivity contribution in [1.29, 1.82) is 0 Å². The molecule has 0 unspecified atom stereocenters. The molecule has 0 radical (unpaired) electrons. The Morgan fingerprint density at radius 1 is 1.42 bits per heavy atom. The Hall–Kier alpha value is -1.07. The largest absolute Gasteiger partial charge is 0.352 e. The van der Waals surface area contributed by atoms with Gasteiger partial charge in [0.2, 0.25) is 5.91 Å². The van der Waals surface area contributed by atoms with E-state index >= 15 is 0 Å². The first-order chi connectivity index (χ1) is 9.24. The summed E-state index contributed by atoms with van der Waals surface area (Å²) in [7, 11) is 0. The van der Waals surface area contributed by atoms with Gasteiger partial charge in [-0.05, 0) is 43.7 Å². The highest BCUT2D eigenvalue weighted by Gasteiger charge is 2.14. The fourth-order valence-electron chi connectivity index (χ4n) is 2.07. The number of amides is 1. The van der Waals surface area contributed by atoms with E-state index in [1.165, 1.54) is 12.1 Å². The minimum atomic E-state index is -0.230. The Bertz CT molecular complexity index is 404. The summed E-state index contributed by atoms with van der Waals surface area (Å²) in [5.41, 5.74) is 0.